The summed E-state index contributed by atoms with van der Waals surface area (Å²) < 4.78 is 42.9. The lowest BCUT2D eigenvalue weighted by molar-refractivity contribution is -0.168. The molecule has 0 aromatic carbocycles. The summed E-state index contributed by atoms with van der Waals surface area (Å²) in [5.74, 6) is 0.533. The zero-order chi connectivity index (χ0) is 11.1. The molecular formula is C10H12F3NO. The fraction of sp³-hybridized carbons (Fsp3) is 0.600. The van der Waals surface area contributed by atoms with Gasteiger partial charge in [-0.15, -0.1) is 0 Å². The summed E-state index contributed by atoms with van der Waals surface area (Å²) in [6.07, 6.45) is -2.41. The van der Waals surface area contributed by atoms with Gasteiger partial charge in [-0.3, -0.25) is 5.32 Å². The Balaban J connectivity index is 2.04. The van der Waals surface area contributed by atoms with Crippen molar-refractivity contribution in [3.05, 3.63) is 24.2 Å². The van der Waals surface area contributed by atoms with Gasteiger partial charge in [-0.2, -0.15) is 13.2 Å². The van der Waals surface area contributed by atoms with Crippen molar-refractivity contribution in [2.45, 2.75) is 37.5 Å². The smallest absolute Gasteiger partial charge is 0.406 e. The van der Waals surface area contributed by atoms with Crippen molar-refractivity contribution < 1.29 is 17.6 Å². The van der Waals surface area contributed by atoms with E-state index < -0.39 is 17.8 Å². The van der Waals surface area contributed by atoms with Gasteiger partial charge in [0.05, 0.1) is 12.3 Å². The summed E-state index contributed by atoms with van der Waals surface area (Å²) in [7, 11) is 0. The highest BCUT2D eigenvalue weighted by Gasteiger charge is 2.63. The predicted octanol–water partition coefficient (Wildman–Crippen LogP) is 3.03. The van der Waals surface area contributed by atoms with Gasteiger partial charge in [0.2, 0.25) is 0 Å². The van der Waals surface area contributed by atoms with E-state index in [4.69, 9.17) is 4.42 Å². The van der Waals surface area contributed by atoms with E-state index in [-0.39, 0.29) is 12.8 Å². The number of rotatable bonds is 3. The zero-order valence-electron chi connectivity index (χ0n) is 8.27. The maximum absolute atomic E-state index is 12.6. The molecule has 1 unspecified atom stereocenters. The van der Waals surface area contributed by atoms with Gasteiger partial charge in [-0.1, -0.05) is 0 Å². The zero-order valence-corrected chi connectivity index (χ0v) is 8.27. The van der Waals surface area contributed by atoms with E-state index in [2.05, 4.69) is 5.32 Å². The highest BCUT2D eigenvalue weighted by atomic mass is 19.4. The third-order valence-corrected chi connectivity index (χ3v) is 2.76. The van der Waals surface area contributed by atoms with E-state index in [1.165, 1.54) is 6.26 Å². The normalized spacial score (nSPS) is 21.3. The Kier molecular flexibility index (Phi) is 2.30. The summed E-state index contributed by atoms with van der Waals surface area (Å²) in [4.78, 5) is 0. The Hall–Kier alpha value is -0.970. The molecule has 5 heteroatoms. The minimum Gasteiger partial charge on any atom is -0.468 e. The first-order chi connectivity index (χ1) is 6.95. The summed E-state index contributed by atoms with van der Waals surface area (Å²) >= 11 is 0. The van der Waals surface area contributed by atoms with Gasteiger partial charge >= 0.3 is 6.18 Å². The Morgan fingerprint density at radius 2 is 2.13 bits per heavy atom. The average molecular weight is 219 g/mol. The molecule has 0 spiro atoms. The van der Waals surface area contributed by atoms with Crippen LogP contribution in [0.4, 0.5) is 13.2 Å². The van der Waals surface area contributed by atoms with Crippen LogP contribution in [-0.4, -0.2) is 11.7 Å². The van der Waals surface area contributed by atoms with Gasteiger partial charge in [-0.25, -0.2) is 0 Å². The molecule has 0 amide bonds. The van der Waals surface area contributed by atoms with Gasteiger partial charge in [0.25, 0.3) is 0 Å². The lowest BCUT2D eigenvalue weighted by atomic mass is 10.2. The molecule has 1 aliphatic carbocycles. The summed E-state index contributed by atoms with van der Waals surface area (Å²) in [6.45, 7) is 1.67. The number of hydrogen-bond acceptors (Lipinski definition) is 2. The number of furan rings is 1. The van der Waals surface area contributed by atoms with Crippen LogP contribution in [0.25, 0.3) is 0 Å². The molecule has 84 valence electrons. The molecule has 0 aliphatic heterocycles. The third kappa shape index (κ3) is 1.88. The molecular weight excluding hydrogens is 207 g/mol. The van der Waals surface area contributed by atoms with Crippen LogP contribution in [0.5, 0.6) is 0 Å². The van der Waals surface area contributed by atoms with Crippen molar-refractivity contribution >= 4 is 0 Å². The summed E-state index contributed by atoms with van der Waals surface area (Å²) in [6, 6.07) is 2.93. The Morgan fingerprint density at radius 3 is 2.53 bits per heavy atom. The lowest BCUT2D eigenvalue weighted by Crippen LogP contribution is -2.45. The molecule has 2 rings (SSSR count). The first-order valence-electron chi connectivity index (χ1n) is 4.82. The maximum atomic E-state index is 12.6. The first-order valence-corrected chi connectivity index (χ1v) is 4.82. The molecule has 15 heavy (non-hydrogen) atoms. The van der Waals surface area contributed by atoms with E-state index in [1.54, 1.807) is 19.1 Å². The first kappa shape index (κ1) is 10.5. The van der Waals surface area contributed by atoms with E-state index in [1.807, 2.05) is 0 Å². The van der Waals surface area contributed by atoms with Crippen LogP contribution in [-0.2, 0) is 0 Å². The summed E-state index contributed by atoms with van der Waals surface area (Å²) in [5, 5.41) is 2.59. The topological polar surface area (TPSA) is 25.2 Å². The molecule has 1 heterocycles. The van der Waals surface area contributed by atoms with Crippen LogP contribution in [0.1, 0.15) is 31.6 Å². The monoisotopic (exact) mass is 219 g/mol. The molecule has 1 aliphatic rings. The van der Waals surface area contributed by atoms with Gasteiger partial charge in [0.15, 0.2) is 0 Å². The Labute approximate surface area is 85.5 Å². The van der Waals surface area contributed by atoms with Crippen LogP contribution in [0.2, 0.25) is 0 Å². The largest absolute Gasteiger partial charge is 0.468 e. The fourth-order valence-electron chi connectivity index (χ4n) is 1.66. The molecule has 2 nitrogen and oxygen atoms in total. The third-order valence-electron chi connectivity index (χ3n) is 2.76. The maximum Gasteiger partial charge on any atom is 0.406 e. The predicted molar refractivity (Wildman–Crippen MR) is 48.3 cm³/mol. The van der Waals surface area contributed by atoms with Crippen molar-refractivity contribution in [2.24, 2.45) is 0 Å². The van der Waals surface area contributed by atoms with Gasteiger partial charge in [0, 0.05) is 0 Å². The van der Waals surface area contributed by atoms with Crippen LogP contribution in [0.15, 0.2) is 22.8 Å². The second-order valence-electron chi connectivity index (χ2n) is 3.96. The Morgan fingerprint density at radius 1 is 1.47 bits per heavy atom. The van der Waals surface area contributed by atoms with Crippen molar-refractivity contribution in [1.82, 2.24) is 5.32 Å². The molecule has 1 aromatic heterocycles. The van der Waals surface area contributed by atoms with Gasteiger partial charge < -0.3 is 4.42 Å². The van der Waals surface area contributed by atoms with Gasteiger partial charge in [0.1, 0.15) is 11.3 Å². The summed E-state index contributed by atoms with van der Waals surface area (Å²) in [5.41, 5.74) is -1.68. The molecule has 1 atom stereocenters. The van der Waals surface area contributed by atoms with Crippen LogP contribution >= 0.6 is 0 Å². The van der Waals surface area contributed by atoms with E-state index in [0.29, 0.717) is 5.76 Å². The molecule has 0 radical (unpaired) electrons. The fourth-order valence-corrected chi connectivity index (χ4v) is 1.66. The molecule has 1 aromatic rings. The second kappa shape index (κ2) is 3.27. The Bertz CT molecular complexity index is 327. The highest BCUT2D eigenvalue weighted by Crippen LogP contribution is 2.50. The van der Waals surface area contributed by atoms with Crippen molar-refractivity contribution in [2.75, 3.05) is 0 Å². The van der Waals surface area contributed by atoms with Gasteiger partial charge in [-0.05, 0) is 31.9 Å². The number of hydrogen-bond donors (Lipinski definition) is 1. The lowest BCUT2D eigenvalue weighted by Gasteiger charge is -2.24. The van der Waals surface area contributed by atoms with E-state index in [0.717, 1.165) is 0 Å². The standard InChI is InChI=1S/C10H12F3NO/c1-7(8-3-2-6-15-8)14-9(4-5-9)10(11,12)13/h2-3,6-7,14H,4-5H2,1H3. The number of halogens is 3. The van der Waals surface area contributed by atoms with E-state index in [9.17, 15) is 13.2 Å². The quantitative estimate of drug-likeness (QED) is 0.845. The molecule has 1 saturated carbocycles. The SMILES string of the molecule is CC(NC1(C(F)(F)F)CC1)c1ccco1. The van der Waals surface area contributed by atoms with Crippen LogP contribution < -0.4 is 5.32 Å². The molecule has 0 bridgehead atoms. The van der Waals surface area contributed by atoms with Crippen molar-refractivity contribution in [3.8, 4) is 0 Å². The minimum atomic E-state index is -4.17. The second-order valence-corrected chi connectivity index (χ2v) is 3.96. The average Bonchev–Trinajstić information content (AvgIpc) is 2.74. The van der Waals surface area contributed by atoms with Crippen LogP contribution in [0.3, 0.4) is 0 Å². The van der Waals surface area contributed by atoms with Crippen molar-refractivity contribution in [3.63, 3.8) is 0 Å². The molecule has 1 N–H and O–H groups in total. The minimum absolute atomic E-state index is 0.154. The van der Waals surface area contributed by atoms with E-state index >= 15 is 0 Å². The highest BCUT2D eigenvalue weighted by molar-refractivity contribution is 5.12. The molecule has 0 saturated heterocycles. The van der Waals surface area contributed by atoms with Crippen molar-refractivity contribution in [1.29, 1.82) is 0 Å². The van der Waals surface area contributed by atoms with Crippen LogP contribution in [0, 0.1) is 0 Å². The number of nitrogens with one attached hydrogen (secondary N) is 1. The molecule has 1 fully saturated rings. The number of alkyl halides is 3.